The number of carbonyl (C=O) groups excluding carboxylic acids is 2. The number of β-lactam (4-membered cyclic amide) rings is 1. The highest BCUT2D eigenvalue weighted by atomic mass is 32.2. The third-order valence-corrected chi connectivity index (χ3v) is 4.16. The molecular formula is C12H16N2O5S. The second-order valence-corrected chi connectivity index (χ2v) is 6.67. The third-order valence-electron chi connectivity index (χ3n) is 2.86. The van der Waals surface area contributed by atoms with E-state index in [4.69, 9.17) is 10.5 Å². The van der Waals surface area contributed by atoms with Crippen molar-refractivity contribution in [1.29, 1.82) is 0 Å². The van der Waals surface area contributed by atoms with Gasteiger partial charge in [-0.25, -0.2) is 9.59 Å². The van der Waals surface area contributed by atoms with Gasteiger partial charge in [0.1, 0.15) is 22.7 Å². The molecule has 2 aliphatic rings. The zero-order chi connectivity index (χ0) is 15.2. The van der Waals surface area contributed by atoms with Crippen molar-refractivity contribution in [3.8, 4) is 0 Å². The number of nitrogens with zero attached hydrogens (tertiary/aromatic N) is 1. The van der Waals surface area contributed by atoms with Crippen molar-refractivity contribution in [3.63, 3.8) is 0 Å². The maximum atomic E-state index is 12.2. The van der Waals surface area contributed by atoms with Gasteiger partial charge in [-0.05, 0) is 20.8 Å². The molecule has 0 saturated carbocycles. The van der Waals surface area contributed by atoms with Gasteiger partial charge in [-0.3, -0.25) is 9.69 Å². The van der Waals surface area contributed by atoms with Crippen molar-refractivity contribution in [2.24, 2.45) is 5.73 Å². The van der Waals surface area contributed by atoms with Crippen molar-refractivity contribution in [1.82, 2.24) is 4.90 Å². The van der Waals surface area contributed by atoms with Crippen LogP contribution in [0.15, 0.2) is 11.3 Å². The van der Waals surface area contributed by atoms with E-state index in [1.54, 1.807) is 20.8 Å². The standard InChI is InChI=1S/C12H16N2O5S/c1-12(2,3)19-11(18)7-5(10(16)17)4-20-9-6(13)8(15)14(7)9/h6,9H,4,13H2,1-3H3,(H,16,17)/t6?,9-/m0/s1. The first-order chi connectivity index (χ1) is 9.13. The number of carboxylic acid groups (broad SMARTS) is 1. The number of carboxylic acids is 1. The summed E-state index contributed by atoms with van der Waals surface area (Å²) < 4.78 is 5.19. The molecule has 0 spiro atoms. The quantitative estimate of drug-likeness (QED) is 0.541. The Morgan fingerprint density at radius 2 is 2.05 bits per heavy atom. The molecule has 1 saturated heterocycles. The molecule has 8 heteroatoms. The molecule has 2 rings (SSSR count). The van der Waals surface area contributed by atoms with E-state index in [-0.39, 0.29) is 17.0 Å². The fourth-order valence-corrected chi connectivity index (χ4v) is 3.28. The molecule has 20 heavy (non-hydrogen) atoms. The summed E-state index contributed by atoms with van der Waals surface area (Å²) in [5.41, 5.74) is 4.56. The highest BCUT2D eigenvalue weighted by molar-refractivity contribution is 8.00. The Morgan fingerprint density at radius 1 is 1.45 bits per heavy atom. The number of hydrogen-bond donors (Lipinski definition) is 2. The van der Waals surface area contributed by atoms with Crippen LogP contribution in [0.3, 0.4) is 0 Å². The molecule has 0 aliphatic carbocycles. The van der Waals surface area contributed by atoms with E-state index >= 15 is 0 Å². The smallest absolute Gasteiger partial charge is 0.356 e. The van der Waals surface area contributed by atoms with Crippen molar-refractivity contribution < 1.29 is 24.2 Å². The van der Waals surface area contributed by atoms with E-state index < -0.39 is 34.9 Å². The lowest BCUT2D eigenvalue weighted by molar-refractivity contribution is -0.158. The van der Waals surface area contributed by atoms with Crippen molar-refractivity contribution in [3.05, 3.63) is 11.3 Å². The van der Waals surface area contributed by atoms with Crippen LogP contribution in [-0.2, 0) is 19.1 Å². The van der Waals surface area contributed by atoms with Crippen molar-refractivity contribution in [2.45, 2.75) is 37.8 Å². The maximum Gasteiger partial charge on any atom is 0.356 e. The summed E-state index contributed by atoms with van der Waals surface area (Å²) in [5.74, 6) is -2.38. The van der Waals surface area contributed by atoms with Gasteiger partial charge < -0.3 is 15.6 Å². The van der Waals surface area contributed by atoms with Crippen LogP contribution in [0.5, 0.6) is 0 Å². The molecule has 3 N–H and O–H groups in total. The number of hydrogen-bond acceptors (Lipinski definition) is 6. The van der Waals surface area contributed by atoms with Crippen molar-refractivity contribution in [2.75, 3.05) is 5.75 Å². The molecule has 110 valence electrons. The highest BCUT2D eigenvalue weighted by Crippen LogP contribution is 2.40. The Labute approximate surface area is 120 Å². The molecular weight excluding hydrogens is 284 g/mol. The number of amides is 1. The first-order valence-electron chi connectivity index (χ1n) is 6.03. The number of aliphatic carboxylic acids is 1. The summed E-state index contributed by atoms with van der Waals surface area (Å²) in [4.78, 5) is 36.4. The monoisotopic (exact) mass is 300 g/mol. The summed E-state index contributed by atoms with van der Waals surface area (Å²) in [6, 6.07) is -0.701. The number of fused-ring (bicyclic) bond motifs is 1. The summed E-state index contributed by atoms with van der Waals surface area (Å²) in [7, 11) is 0. The number of carbonyl (C=O) groups is 3. The number of rotatable bonds is 2. The molecule has 2 heterocycles. The predicted octanol–water partition coefficient (Wildman–Crippen LogP) is -0.0908. The van der Waals surface area contributed by atoms with E-state index in [2.05, 4.69) is 0 Å². The van der Waals surface area contributed by atoms with Crippen LogP contribution >= 0.6 is 11.8 Å². The lowest BCUT2D eigenvalue weighted by Crippen LogP contribution is -2.68. The summed E-state index contributed by atoms with van der Waals surface area (Å²) in [5, 5.41) is 8.79. The topological polar surface area (TPSA) is 110 Å². The average Bonchev–Trinajstić information content (AvgIpc) is 2.33. The molecule has 0 aromatic carbocycles. The van der Waals surface area contributed by atoms with Gasteiger partial charge in [-0.15, -0.1) is 11.8 Å². The van der Waals surface area contributed by atoms with E-state index in [0.717, 1.165) is 4.90 Å². The van der Waals surface area contributed by atoms with Gasteiger partial charge in [-0.1, -0.05) is 0 Å². The number of nitrogens with two attached hydrogens (primary N) is 1. The molecule has 7 nitrogen and oxygen atoms in total. The Morgan fingerprint density at radius 3 is 2.55 bits per heavy atom. The molecule has 0 bridgehead atoms. The Balaban J connectivity index is 2.39. The van der Waals surface area contributed by atoms with Gasteiger partial charge in [0.05, 0.1) is 5.57 Å². The largest absolute Gasteiger partial charge is 0.478 e. The minimum absolute atomic E-state index is 0.117. The van der Waals surface area contributed by atoms with E-state index in [9.17, 15) is 19.5 Å². The lowest BCUT2D eigenvalue weighted by atomic mass is 10.0. The predicted molar refractivity (Wildman–Crippen MR) is 71.6 cm³/mol. The molecule has 0 radical (unpaired) electrons. The van der Waals surface area contributed by atoms with E-state index in [1.807, 2.05) is 0 Å². The normalized spacial score (nSPS) is 26.0. The highest BCUT2D eigenvalue weighted by Gasteiger charge is 2.53. The van der Waals surface area contributed by atoms with Crippen LogP contribution in [0.25, 0.3) is 0 Å². The Kier molecular flexibility index (Phi) is 3.55. The lowest BCUT2D eigenvalue weighted by Gasteiger charge is -2.48. The number of ether oxygens (including phenoxy) is 1. The minimum atomic E-state index is -1.23. The van der Waals surface area contributed by atoms with Gasteiger partial charge >= 0.3 is 11.9 Å². The maximum absolute atomic E-state index is 12.2. The molecule has 0 aromatic heterocycles. The summed E-state index contributed by atoms with van der Waals surface area (Å²) in [6.45, 7) is 5.01. The van der Waals surface area contributed by atoms with Gasteiger partial charge in [-0.2, -0.15) is 0 Å². The summed E-state index contributed by atoms with van der Waals surface area (Å²) >= 11 is 1.23. The van der Waals surface area contributed by atoms with Crippen LogP contribution in [0.1, 0.15) is 20.8 Å². The fourth-order valence-electron chi connectivity index (χ4n) is 2.00. The number of esters is 1. The van der Waals surface area contributed by atoms with Crippen LogP contribution in [0.2, 0.25) is 0 Å². The Hall–Kier alpha value is -1.54. The second kappa shape index (κ2) is 4.78. The van der Waals surface area contributed by atoms with Gasteiger partial charge in [0, 0.05) is 5.75 Å². The second-order valence-electron chi connectivity index (χ2n) is 5.57. The zero-order valence-electron chi connectivity index (χ0n) is 11.4. The number of thioether (sulfide) groups is 1. The molecule has 2 atom stereocenters. The fraction of sp³-hybridized carbons (Fsp3) is 0.583. The first kappa shape index (κ1) is 14.9. The van der Waals surface area contributed by atoms with Crippen molar-refractivity contribution >= 4 is 29.6 Å². The van der Waals surface area contributed by atoms with Crippen LogP contribution in [0.4, 0.5) is 0 Å². The van der Waals surface area contributed by atoms with Gasteiger partial charge in [0.2, 0.25) is 5.91 Å². The Bertz CT molecular complexity index is 522. The third kappa shape index (κ3) is 2.40. The molecule has 2 aliphatic heterocycles. The SMILES string of the molecule is CC(C)(C)OC(=O)C1=C(C(=O)O)CS[C@H]2C(N)C(=O)N12. The minimum Gasteiger partial charge on any atom is -0.478 e. The van der Waals surface area contributed by atoms with Gasteiger partial charge in [0.15, 0.2) is 0 Å². The first-order valence-corrected chi connectivity index (χ1v) is 7.08. The summed E-state index contributed by atoms with van der Waals surface area (Å²) in [6.07, 6.45) is 0. The van der Waals surface area contributed by atoms with Gasteiger partial charge in [0.25, 0.3) is 0 Å². The van der Waals surface area contributed by atoms with Crippen LogP contribution < -0.4 is 5.73 Å². The zero-order valence-corrected chi connectivity index (χ0v) is 12.2. The van der Waals surface area contributed by atoms with E-state index in [1.165, 1.54) is 11.8 Å². The molecule has 1 fully saturated rings. The average molecular weight is 300 g/mol. The van der Waals surface area contributed by atoms with Crippen LogP contribution in [-0.4, -0.2) is 50.6 Å². The molecule has 1 amide bonds. The van der Waals surface area contributed by atoms with E-state index in [0.29, 0.717) is 0 Å². The molecule has 1 unspecified atom stereocenters. The molecule has 0 aromatic rings. The van der Waals surface area contributed by atoms with Crippen LogP contribution in [0, 0.1) is 0 Å².